The fourth-order valence-corrected chi connectivity index (χ4v) is 7.47. The van der Waals surface area contributed by atoms with Crippen LogP contribution in [0.25, 0.3) is 10.8 Å². The van der Waals surface area contributed by atoms with E-state index in [0.717, 1.165) is 12.8 Å². The summed E-state index contributed by atoms with van der Waals surface area (Å²) in [6.45, 7) is 5.73. The highest BCUT2D eigenvalue weighted by Gasteiger charge is 2.61. The first-order valence-corrected chi connectivity index (χ1v) is 17.1. The van der Waals surface area contributed by atoms with Crippen LogP contribution in [-0.2, 0) is 29.1 Å². The van der Waals surface area contributed by atoms with Gasteiger partial charge in [0.1, 0.15) is 11.6 Å². The Morgan fingerprint density at radius 1 is 1.00 bits per heavy atom. The van der Waals surface area contributed by atoms with Gasteiger partial charge in [0, 0.05) is 23.4 Å². The van der Waals surface area contributed by atoms with Crippen LogP contribution in [-0.4, -0.2) is 66.9 Å². The van der Waals surface area contributed by atoms with E-state index < -0.39 is 63.0 Å². The minimum absolute atomic E-state index is 0.0318. The summed E-state index contributed by atoms with van der Waals surface area (Å²) >= 11 is 0. The Morgan fingerprint density at radius 2 is 1.76 bits per heavy atom. The largest absolute Gasteiger partial charge is 0.436 e. The number of amides is 4. The predicted octanol–water partition coefficient (Wildman–Crippen LogP) is 3.92. The van der Waals surface area contributed by atoms with E-state index in [2.05, 4.69) is 15.4 Å². The number of nitrogens with one attached hydrogen (secondary N) is 3. The highest BCUT2D eigenvalue weighted by molar-refractivity contribution is 7.90. The third-order valence-electron chi connectivity index (χ3n) is 8.58. The Bertz CT molecular complexity index is 1610. The molecule has 3 N–H and O–H groups in total. The lowest BCUT2D eigenvalue weighted by atomic mass is 10.1. The number of rotatable bonds is 4. The standard InChI is InChI=1S/C33H42N4O7S/c1-32(2,3)35-31(41)44-26-18-8-6-4-5-7-15-23-21-33(23,34-28(38)25-17-12-20-37(25)29(26)39)30(40)36-45(42,43)27-19-11-14-22-13-9-10-16-24(22)27/h7,9-11,13-16,19,23,25-26H,4-6,8,12,17-18,20-21H2,1-3H3,(H,34,38)(H,35,41)(H,36,40)/t23-,25+,26+,33-/m1/s1. The van der Waals surface area contributed by atoms with Crippen LogP contribution in [0.1, 0.15) is 72.1 Å². The first-order valence-electron chi connectivity index (χ1n) is 15.6. The molecule has 1 saturated heterocycles. The minimum atomic E-state index is -4.28. The maximum atomic E-state index is 13.8. The molecule has 0 spiro atoms. The fourth-order valence-electron chi connectivity index (χ4n) is 6.20. The molecule has 4 amide bonds. The first-order chi connectivity index (χ1) is 21.3. The molecule has 3 aliphatic rings. The van der Waals surface area contributed by atoms with Crippen molar-refractivity contribution in [3.63, 3.8) is 0 Å². The third kappa shape index (κ3) is 7.32. The number of fused-ring (bicyclic) bond motifs is 3. The van der Waals surface area contributed by atoms with Crippen molar-refractivity contribution in [3.8, 4) is 0 Å². The topological polar surface area (TPSA) is 151 Å². The van der Waals surface area contributed by atoms with Crippen molar-refractivity contribution < 1.29 is 32.3 Å². The highest BCUT2D eigenvalue weighted by Crippen LogP contribution is 2.46. The molecule has 4 atom stereocenters. The number of carbonyl (C=O) groups excluding carboxylic acids is 4. The maximum Gasteiger partial charge on any atom is 0.408 e. The molecular formula is C33H42N4O7S. The summed E-state index contributed by atoms with van der Waals surface area (Å²) in [5, 5.41) is 6.76. The predicted molar refractivity (Wildman–Crippen MR) is 168 cm³/mol. The van der Waals surface area contributed by atoms with Gasteiger partial charge in [0.15, 0.2) is 6.10 Å². The summed E-state index contributed by atoms with van der Waals surface area (Å²) in [7, 11) is -4.28. The molecule has 0 radical (unpaired) electrons. The van der Waals surface area contributed by atoms with Crippen LogP contribution in [0.15, 0.2) is 59.5 Å². The minimum Gasteiger partial charge on any atom is -0.436 e. The lowest BCUT2D eigenvalue weighted by Gasteiger charge is -2.30. The molecule has 12 heteroatoms. The lowest BCUT2D eigenvalue weighted by molar-refractivity contribution is -0.146. The number of carbonyl (C=O) groups is 4. The fraction of sp³-hybridized carbons (Fsp3) is 0.515. The Morgan fingerprint density at radius 3 is 2.53 bits per heavy atom. The zero-order valence-electron chi connectivity index (χ0n) is 26.0. The second-order valence-corrected chi connectivity index (χ2v) is 14.9. The molecule has 242 valence electrons. The molecule has 2 heterocycles. The van der Waals surface area contributed by atoms with Crippen molar-refractivity contribution in [2.75, 3.05) is 6.54 Å². The number of allylic oxidation sites excluding steroid dienone is 1. The van der Waals surface area contributed by atoms with Crippen LogP contribution in [0.5, 0.6) is 0 Å². The van der Waals surface area contributed by atoms with Crippen LogP contribution in [0.2, 0.25) is 0 Å². The van der Waals surface area contributed by atoms with Crippen molar-refractivity contribution in [2.45, 2.75) is 100 Å². The third-order valence-corrected chi connectivity index (χ3v) is 9.97. The van der Waals surface area contributed by atoms with E-state index in [9.17, 15) is 27.6 Å². The van der Waals surface area contributed by atoms with Crippen LogP contribution < -0.4 is 15.4 Å². The van der Waals surface area contributed by atoms with Crippen molar-refractivity contribution in [2.24, 2.45) is 5.92 Å². The Balaban J connectivity index is 1.39. The molecular weight excluding hydrogens is 596 g/mol. The van der Waals surface area contributed by atoms with E-state index in [1.54, 1.807) is 36.4 Å². The first kappa shape index (κ1) is 32.5. The molecule has 5 rings (SSSR count). The van der Waals surface area contributed by atoms with Gasteiger partial charge < -0.3 is 20.3 Å². The molecule has 2 aliphatic heterocycles. The van der Waals surface area contributed by atoms with Gasteiger partial charge in [-0.05, 0) is 77.2 Å². The van der Waals surface area contributed by atoms with Crippen LogP contribution in [0, 0.1) is 5.92 Å². The SMILES string of the molecule is CC(C)(C)NC(=O)O[C@H]1CCCCCC=C[C@@H]2C[C@@]2(C(=O)NS(=O)(=O)c2cccc3ccccc23)NC(=O)[C@@H]2CCCN2C1=O. The summed E-state index contributed by atoms with van der Waals surface area (Å²) in [5.74, 6) is -2.22. The molecule has 2 aromatic rings. The number of benzene rings is 2. The van der Waals surface area contributed by atoms with Gasteiger partial charge in [-0.15, -0.1) is 0 Å². The summed E-state index contributed by atoms with van der Waals surface area (Å²) < 4.78 is 34.9. The van der Waals surface area contributed by atoms with E-state index in [4.69, 9.17) is 4.74 Å². The van der Waals surface area contributed by atoms with Crippen molar-refractivity contribution in [1.82, 2.24) is 20.3 Å². The van der Waals surface area contributed by atoms with Crippen LogP contribution in [0.3, 0.4) is 0 Å². The van der Waals surface area contributed by atoms with Gasteiger partial charge in [-0.3, -0.25) is 14.4 Å². The molecule has 2 aromatic carbocycles. The zero-order chi connectivity index (χ0) is 32.4. The molecule has 1 saturated carbocycles. The van der Waals surface area contributed by atoms with E-state index in [-0.39, 0.29) is 11.3 Å². The molecule has 11 nitrogen and oxygen atoms in total. The summed E-state index contributed by atoms with van der Waals surface area (Å²) in [4.78, 5) is 55.3. The monoisotopic (exact) mass is 638 g/mol. The van der Waals surface area contributed by atoms with Gasteiger partial charge in [-0.1, -0.05) is 55.0 Å². The lowest BCUT2D eigenvalue weighted by Crippen LogP contribution is -2.57. The maximum absolute atomic E-state index is 13.8. The van der Waals surface area contributed by atoms with Gasteiger partial charge in [0.2, 0.25) is 5.91 Å². The summed E-state index contributed by atoms with van der Waals surface area (Å²) in [6, 6.07) is 11.0. The van der Waals surface area contributed by atoms with Gasteiger partial charge in [0.25, 0.3) is 21.8 Å². The van der Waals surface area contributed by atoms with E-state index in [1.807, 2.05) is 32.9 Å². The van der Waals surface area contributed by atoms with Crippen LogP contribution in [0.4, 0.5) is 4.79 Å². The quantitative estimate of drug-likeness (QED) is 0.430. The smallest absolute Gasteiger partial charge is 0.408 e. The number of alkyl carbamates (subject to hydrolysis) is 1. The average Bonchev–Trinajstić information content (AvgIpc) is 3.43. The van der Waals surface area contributed by atoms with Gasteiger partial charge in [-0.2, -0.15) is 0 Å². The Kier molecular flexibility index (Phi) is 9.25. The number of ether oxygens (including phenoxy) is 1. The molecule has 0 unspecified atom stereocenters. The summed E-state index contributed by atoms with van der Waals surface area (Å²) in [6.07, 6.45) is 6.49. The van der Waals surface area contributed by atoms with Gasteiger partial charge in [0.05, 0.1) is 4.90 Å². The average molecular weight is 639 g/mol. The molecule has 1 aliphatic carbocycles. The van der Waals surface area contributed by atoms with Crippen molar-refractivity contribution in [1.29, 1.82) is 0 Å². The number of hydrogen-bond acceptors (Lipinski definition) is 7. The van der Waals surface area contributed by atoms with E-state index >= 15 is 0 Å². The van der Waals surface area contributed by atoms with Gasteiger partial charge >= 0.3 is 6.09 Å². The highest BCUT2D eigenvalue weighted by atomic mass is 32.2. The Labute approximate surface area is 264 Å². The number of sulfonamides is 1. The second-order valence-electron chi connectivity index (χ2n) is 13.2. The number of nitrogens with zero attached hydrogens (tertiary/aromatic N) is 1. The molecule has 0 bridgehead atoms. The van der Waals surface area contributed by atoms with Crippen molar-refractivity contribution in [3.05, 3.63) is 54.6 Å². The number of hydrogen-bond donors (Lipinski definition) is 3. The van der Waals surface area contributed by atoms with Crippen molar-refractivity contribution >= 4 is 44.6 Å². The molecule has 0 aromatic heterocycles. The van der Waals surface area contributed by atoms with Crippen LogP contribution >= 0.6 is 0 Å². The second kappa shape index (κ2) is 12.8. The zero-order valence-corrected chi connectivity index (χ0v) is 26.8. The van der Waals surface area contributed by atoms with E-state index in [0.29, 0.717) is 49.4 Å². The molecule has 2 fully saturated rings. The van der Waals surface area contributed by atoms with Gasteiger partial charge in [-0.25, -0.2) is 17.9 Å². The normalized spacial score (nSPS) is 26.1. The Hall–Kier alpha value is -3.93. The van der Waals surface area contributed by atoms with E-state index in [1.165, 1.54) is 11.0 Å². The summed E-state index contributed by atoms with van der Waals surface area (Å²) in [5.41, 5.74) is -2.04. The molecule has 45 heavy (non-hydrogen) atoms.